The first kappa shape index (κ1) is 13.3. The number of rotatable bonds is 3. The summed E-state index contributed by atoms with van der Waals surface area (Å²) in [6, 6.07) is 4.03. The summed E-state index contributed by atoms with van der Waals surface area (Å²) in [4.78, 5) is 13.8. The average Bonchev–Trinajstić information content (AvgIpc) is 2.80. The van der Waals surface area contributed by atoms with Crippen LogP contribution in [0.5, 0.6) is 0 Å². The quantitative estimate of drug-likeness (QED) is 0.846. The third kappa shape index (κ3) is 2.82. The summed E-state index contributed by atoms with van der Waals surface area (Å²) in [6.07, 6.45) is 0.891. The first-order valence-electron chi connectivity index (χ1n) is 5.85. The lowest BCUT2D eigenvalue weighted by molar-refractivity contribution is 0.0771. The van der Waals surface area contributed by atoms with Crippen LogP contribution >= 0.6 is 11.6 Å². The minimum atomic E-state index is -0.528. The molecule has 3 nitrogen and oxygen atoms in total. The lowest BCUT2D eigenvalue weighted by Gasteiger charge is -2.17. The molecule has 1 heterocycles. The van der Waals surface area contributed by atoms with Crippen LogP contribution < -0.4 is 0 Å². The lowest BCUT2D eigenvalue weighted by atomic mass is 10.1. The second-order valence-corrected chi connectivity index (χ2v) is 4.92. The van der Waals surface area contributed by atoms with Crippen molar-refractivity contribution in [3.05, 3.63) is 34.6 Å². The van der Waals surface area contributed by atoms with Gasteiger partial charge in [0.25, 0.3) is 5.91 Å². The van der Waals surface area contributed by atoms with Gasteiger partial charge >= 0.3 is 0 Å². The Morgan fingerprint density at radius 2 is 2.39 bits per heavy atom. The first-order chi connectivity index (χ1) is 8.61. The third-order valence-corrected chi connectivity index (χ3v) is 3.37. The van der Waals surface area contributed by atoms with E-state index in [9.17, 15) is 9.18 Å². The van der Waals surface area contributed by atoms with Gasteiger partial charge in [0.05, 0.1) is 12.2 Å². The fourth-order valence-corrected chi connectivity index (χ4v) is 2.39. The van der Waals surface area contributed by atoms with Gasteiger partial charge in [0, 0.05) is 31.1 Å². The van der Waals surface area contributed by atoms with Crippen molar-refractivity contribution in [2.24, 2.45) is 5.92 Å². The molecule has 5 heteroatoms. The van der Waals surface area contributed by atoms with Gasteiger partial charge in [0.15, 0.2) is 0 Å². The predicted octanol–water partition coefficient (Wildman–Crippen LogP) is 2.59. The molecule has 0 bridgehead atoms. The second kappa shape index (κ2) is 5.67. The largest absolute Gasteiger partial charge is 0.384 e. The van der Waals surface area contributed by atoms with E-state index in [1.807, 2.05) is 0 Å². The van der Waals surface area contributed by atoms with E-state index >= 15 is 0 Å². The van der Waals surface area contributed by atoms with Crippen LogP contribution in [0.25, 0.3) is 0 Å². The zero-order valence-corrected chi connectivity index (χ0v) is 10.9. The molecule has 1 aliphatic heterocycles. The van der Waals surface area contributed by atoms with Crippen LogP contribution in [-0.4, -0.2) is 37.6 Å². The Labute approximate surface area is 110 Å². The molecule has 0 spiro atoms. The number of amides is 1. The zero-order chi connectivity index (χ0) is 13.1. The molecule has 1 fully saturated rings. The van der Waals surface area contributed by atoms with Crippen molar-refractivity contribution in [1.29, 1.82) is 0 Å². The average molecular weight is 272 g/mol. The van der Waals surface area contributed by atoms with E-state index < -0.39 is 5.82 Å². The molecule has 1 unspecified atom stereocenters. The highest BCUT2D eigenvalue weighted by molar-refractivity contribution is 6.31. The van der Waals surface area contributed by atoms with Crippen molar-refractivity contribution in [1.82, 2.24) is 4.90 Å². The second-order valence-electron chi connectivity index (χ2n) is 4.49. The van der Waals surface area contributed by atoms with Crippen LogP contribution in [0, 0.1) is 11.7 Å². The molecule has 18 heavy (non-hydrogen) atoms. The molecule has 2 rings (SSSR count). The number of hydrogen-bond acceptors (Lipinski definition) is 2. The van der Waals surface area contributed by atoms with Crippen LogP contribution in [0.3, 0.4) is 0 Å². The third-order valence-electron chi connectivity index (χ3n) is 3.13. The van der Waals surface area contributed by atoms with Gasteiger partial charge in [-0.3, -0.25) is 4.79 Å². The number of halogens is 2. The molecule has 0 radical (unpaired) electrons. The van der Waals surface area contributed by atoms with Crippen molar-refractivity contribution in [3.8, 4) is 0 Å². The highest BCUT2D eigenvalue weighted by Crippen LogP contribution is 2.22. The number of carbonyl (C=O) groups excluding carboxylic acids is 1. The number of benzene rings is 1. The number of likely N-dealkylation sites (tertiary alicyclic amines) is 1. The van der Waals surface area contributed by atoms with Gasteiger partial charge in [-0.2, -0.15) is 0 Å². The Hall–Kier alpha value is -1.13. The minimum absolute atomic E-state index is 0.0422. The number of nitrogens with zero attached hydrogens (tertiary/aromatic N) is 1. The van der Waals surface area contributed by atoms with Crippen LogP contribution in [0.4, 0.5) is 4.39 Å². The molecule has 1 aromatic carbocycles. The van der Waals surface area contributed by atoms with E-state index in [1.165, 1.54) is 18.2 Å². The fourth-order valence-electron chi connectivity index (χ4n) is 2.22. The molecule has 1 atom stereocenters. The summed E-state index contributed by atoms with van der Waals surface area (Å²) in [5.41, 5.74) is 0.0422. The molecule has 0 aliphatic carbocycles. The maximum absolute atomic E-state index is 13.6. The molecule has 0 N–H and O–H groups in total. The molecule has 1 amide bonds. The zero-order valence-electron chi connectivity index (χ0n) is 10.2. The Morgan fingerprint density at radius 1 is 1.61 bits per heavy atom. The van der Waals surface area contributed by atoms with Gasteiger partial charge in [-0.15, -0.1) is 0 Å². The number of methoxy groups -OCH3 is 1. The number of ether oxygens (including phenoxy) is 1. The highest BCUT2D eigenvalue weighted by atomic mass is 35.5. The standard InChI is InChI=1S/C13H15ClFNO2/c1-18-8-9-4-5-16(7-9)13(17)11-6-10(14)2-3-12(11)15/h2-3,6,9H,4-5,7-8H2,1H3. The Balaban J connectivity index is 2.10. The monoisotopic (exact) mass is 271 g/mol. The van der Waals surface area contributed by atoms with Crippen molar-refractivity contribution < 1.29 is 13.9 Å². The molecular formula is C13H15ClFNO2. The molecule has 0 aromatic heterocycles. The summed E-state index contributed by atoms with van der Waals surface area (Å²) in [7, 11) is 1.64. The SMILES string of the molecule is COCC1CCN(C(=O)c2cc(Cl)ccc2F)C1. The number of carbonyl (C=O) groups is 1. The molecule has 1 saturated heterocycles. The van der Waals surface area contributed by atoms with E-state index in [1.54, 1.807) is 12.0 Å². The molecule has 1 aromatic rings. The summed E-state index contributed by atoms with van der Waals surface area (Å²) in [5.74, 6) is -0.491. The summed E-state index contributed by atoms with van der Waals surface area (Å²) in [5, 5.41) is 0.368. The van der Waals surface area contributed by atoms with Crippen molar-refractivity contribution >= 4 is 17.5 Å². The Kier molecular flexibility index (Phi) is 4.19. The summed E-state index contributed by atoms with van der Waals surface area (Å²) < 4.78 is 18.7. The molecular weight excluding hydrogens is 257 g/mol. The van der Waals surface area contributed by atoms with Crippen molar-refractivity contribution in [2.75, 3.05) is 26.8 Å². The normalized spacial score (nSPS) is 19.3. The Bertz CT molecular complexity index is 453. The van der Waals surface area contributed by atoms with Crippen LogP contribution in [0.15, 0.2) is 18.2 Å². The topological polar surface area (TPSA) is 29.5 Å². The minimum Gasteiger partial charge on any atom is -0.384 e. The summed E-state index contributed by atoms with van der Waals surface area (Å²) in [6.45, 7) is 1.87. The van der Waals surface area contributed by atoms with Gasteiger partial charge in [-0.05, 0) is 24.6 Å². The van der Waals surface area contributed by atoms with E-state index in [-0.39, 0.29) is 11.5 Å². The maximum Gasteiger partial charge on any atom is 0.256 e. The van der Waals surface area contributed by atoms with Gasteiger partial charge in [0.2, 0.25) is 0 Å². The fraction of sp³-hybridized carbons (Fsp3) is 0.462. The van der Waals surface area contributed by atoms with Crippen LogP contribution in [0.2, 0.25) is 5.02 Å². The van der Waals surface area contributed by atoms with Gasteiger partial charge < -0.3 is 9.64 Å². The van der Waals surface area contributed by atoms with E-state index in [2.05, 4.69) is 0 Å². The Morgan fingerprint density at radius 3 is 3.11 bits per heavy atom. The number of hydrogen-bond donors (Lipinski definition) is 0. The highest BCUT2D eigenvalue weighted by Gasteiger charge is 2.28. The molecule has 1 aliphatic rings. The van der Waals surface area contributed by atoms with Gasteiger partial charge in [-0.1, -0.05) is 11.6 Å². The van der Waals surface area contributed by atoms with Gasteiger partial charge in [-0.25, -0.2) is 4.39 Å². The van der Waals surface area contributed by atoms with E-state index in [4.69, 9.17) is 16.3 Å². The molecule has 98 valence electrons. The smallest absolute Gasteiger partial charge is 0.256 e. The van der Waals surface area contributed by atoms with Gasteiger partial charge in [0.1, 0.15) is 5.82 Å². The lowest BCUT2D eigenvalue weighted by Crippen LogP contribution is -2.30. The maximum atomic E-state index is 13.6. The summed E-state index contributed by atoms with van der Waals surface area (Å²) >= 11 is 5.79. The first-order valence-corrected chi connectivity index (χ1v) is 6.23. The van der Waals surface area contributed by atoms with Crippen molar-refractivity contribution in [3.63, 3.8) is 0 Å². The molecule has 0 saturated carbocycles. The van der Waals surface area contributed by atoms with Crippen LogP contribution in [0.1, 0.15) is 16.8 Å². The van der Waals surface area contributed by atoms with E-state index in [0.29, 0.717) is 30.6 Å². The van der Waals surface area contributed by atoms with E-state index in [0.717, 1.165) is 6.42 Å². The van der Waals surface area contributed by atoms with Crippen LogP contribution in [-0.2, 0) is 4.74 Å². The predicted molar refractivity (Wildman–Crippen MR) is 67.3 cm³/mol. The van der Waals surface area contributed by atoms with Crippen molar-refractivity contribution in [2.45, 2.75) is 6.42 Å².